The van der Waals surface area contributed by atoms with Crippen LogP contribution in [0.1, 0.15) is 56.4 Å². The van der Waals surface area contributed by atoms with E-state index in [1.54, 1.807) is 0 Å². The fraction of sp³-hybridized carbons (Fsp3) is 0.375. The molecular weight excluding hydrogens is 316 g/mol. The van der Waals surface area contributed by atoms with Crippen molar-refractivity contribution in [1.82, 2.24) is 0 Å². The monoisotopic (exact) mass is 346 g/mol. The number of allylic oxidation sites excluding steroid dienone is 1. The molecule has 0 radical (unpaired) electrons. The first-order valence-corrected chi connectivity index (χ1v) is 9.54. The van der Waals surface area contributed by atoms with E-state index in [9.17, 15) is 0 Å². The number of fused-ring (bicyclic) bond motifs is 1. The van der Waals surface area contributed by atoms with Crippen LogP contribution in [-0.2, 0) is 0 Å². The zero-order chi connectivity index (χ0) is 18.9. The second kappa shape index (κ2) is 7.11. The quantitative estimate of drug-likeness (QED) is 0.580. The molecule has 1 heterocycles. The lowest BCUT2D eigenvalue weighted by Crippen LogP contribution is -2.45. The third kappa shape index (κ3) is 3.60. The van der Waals surface area contributed by atoms with Crippen molar-refractivity contribution in [3.63, 3.8) is 0 Å². The summed E-state index contributed by atoms with van der Waals surface area (Å²) >= 11 is 0. The average molecular weight is 347 g/mol. The van der Waals surface area contributed by atoms with E-state index >= 15 is 0 Å². The Labute approximate surface area is 158 Å². The molecule has 0 saturated carbocycles. The summed E-state index contributed by atoms with van der Waals surface area (Å²) in [6.45, 7) is 14.3. The predicted octanol–water partition coefficient (Wildman–Crippen LogP) is 6.47. The second-order valence-electron chi connectivity index (χ2n) is 7.96. The normalized spacial score (nSPS) is 15.9. The zero-order valence-electron chi connectivity index (χ0n) is 16.9. The highest BCUT2D eigenvalue weighted by atomic mass is 15.2. The van der Waals surface area contributed by atoms with E-state index in [1.165, 1.54) is 28.0 Å². The maximum atomic E-state index is 4.72. The molecule has 0 atom stereocenters. The van der Waals surface area contributed by atoms with Crippen molar-refractivity contribution in [2.24, 2.45) is 4.99 Å². The third-order valence-corrected chi connectivity index (χ3v) is 5.15. The number of aliphatic imine (C=N–C) groups is 1. The smallest absolute Gasteiger partial charge is 0.0659 e. The second-order valence-corrected chi connectivity index (χ2v) is 7.96. The van der Waals surface area contributed by atoms with Crippen LogP contribution in [0.4, 0.5) is 11.4 Å². The molecule has 0 saturated heterocycles. The van der Waals surface area contributed by atoms with Gasteiger partial charge in [-0.25, -0.2) is 0 Å². The fourth-order valence-corrected chi connectivity index (χ4v) is 3.91. The van der Waals surface area contributed by atoms with Gasteiger partial charge in [0.25, 0.3) is 0 Å². The van der Waals surface area contributed by atoms with Crippen molar-refractivity contribution in [3.8, 4) is 0 Å². The highest BCUT2D eigenvalue weighted by Crippen LogP contribution is 2.39. The summed E-state index contributed by atoms with van der Waals surface area (Å²) in [5.74, 6) is 0. The summed E-state index contributed by atoms with van der Waals surface area (Å²) in [7, 11) is 0. The van der Waals surface area contributed by atoms with Gasteiger partial charge in [0, 0.05) is 24.0 Å². The first-order valence-electron chi connectivity index (χ1n) is 9.54. The van der Waals surface area contributed by atoms with E-state index in [0.29, 0.717) is 0 Å². The van der Waals surface area contributed by atoms with Crippen molar-refractivity contribution in [2.75, 3.05) is 11.4 Å². The Hall–Kier alpha value is -2.35. The first kappa shape index (κ1) is 18.4. The lowest BCUT2D eigenvalue weighted by molar-refractivity contribution is 0.550. The van der Waals surface area contributed by atoms with Crippen LogP contribution in [0, 0.1) is 13.8 Å². The molecule has 0 aromatic heterocycles. The van der Waals surface area contributed by atoms with E-state index in [1.807, 2.05) is 6.21 Å². The molecule has 136 valence electrons. The van der Waals surface area contributed by atoms with E-state index in [-0.39, 0.29) is 5.54 Å². The van der Waals surface area contributed by atoms with Crippen molar-refractivity contribution in [2.45, 2.75) is 53.5 Å². The minimum atomic E-state index is 0.0573. The number of rotatable bonds is 4. The van der Waals surface area contributed by atoms with E-state index < -0.39 is 0 Å². The van der Waals surface area contributed by atoms with Crippen LogP contribution in [0.2, 0.25) is 0 Å². The summed E-state index contributed by atoms with van der Waals surface area (Å²) in [4.78, 5) is 7.23. The van der Waals surface area contributed by atoms with Gasteiger partial charge in [-0.3, -0.25) is 4.99 Å². The summed E-state index contributed by atoms with van der Waals surface area (Å²) in [5.41, 5.74) is 8.73. The highest BCUT2D eigenvalue weighted by Gasteiger charge is 2.30. The van der Waals surface area contributed by atoms with Gasteiger partial charge in [0.15, 0.2) is 0 Å². The van der Waals surface area contributed by atoms with Gasteiger partial charge in [-0.2, -0.15) is 0 Å². The number of nitrogens with zero attached hydrogens (tertiary/aromatic N) is 2. The van der Waals surface area contributed by atoms with Crippen LogP contribution in [0.5, 0.6) is 0 Å². The molecule has 0 N–H and O–H groups in total. The fourth-order valence-electron chi connectivity index (χ4n) is 3.91. The van der Waals surface area contributed by atoms with Gasteiger partial charge in [-0.1, -0.05) is 36.8 Å². The largest absolute Gasteiger partial charge is 0.362 e. The number of anilines is 1. The molecule has 1 aliphatic heterocycles. The third-order valence-electron chi connectivity index (χ3n) is 5.15. The molecule has 2 heteroatoms. The Balaban J connectivity index is 1.96. The van der Waals surface area contributed by atoms with Gasteiger partial charge in [-0.15, -0.1) is 0 Å². The summed E-state index contributed by atoms with van der Waals surface area (Å²) in [6.07, 6.45) is 5.51. The Bertz CT molecular complexity index is 872. The van der Waals surface area contributed by atoms with E-state index in [2.05, 4.69) is 88.9 Å². The van der Waals surface area contributed by atoms with Crippen LogP contribution < -0.4 is 4.90 Å². The van der Waals surface area contributed by atoms with Crippen LogP contribution in [0.3, 0.4) is 0 Å². The Morgan fingerprint density at radius 1 is 1.04 bits per heavy atom. The lowest BCUT2D eigenvalue weighted by Gasteiger charge is -2.43. The molecule has 0 bridgehead atoms. The summed E-state index contributed by atoms with van der Waals surface area (Å²) in [5, 5.41) is 0. The Kier molecular flexibility index (Phi) is 5.04. The van der Waals surface area contributed by atoms with Crippen molar-refractivity contribution in [3.05, 3.63) is 64.7 Å². The molecule has 1 aliphatic rings. The number of aryl methyl sites for hydroxylation is 2. The Morgan fingerprint density at radius 2 is 1.81 bits per heavy atom. The minimum Gasteiger partial charge on any atom is -0.362 e. The molecule has 0 fully saturated rings. The maximum Gasteiger partial charge on any atom is 0.0659 e. The Morgan fingerprint density at radius 3 is 2.50 bits per heavy atom. The topological polar surface area (TPSA) is 15.6 Å². The van der Waals surface area contributed by atoms with Crippen molar-refractivity contribution in [1.29, 1.82) is 0 Å². The molecule has 2 nitrogen and oxygen atoms in total. The molecule has 0 aliphatic carbocycles. The van der Waals surface area contributed by atoms with Gasteiger partial charge < -0.3 is 4.90 Å². The van der Waals surface area contributed by atoms with Gasteiger partial charge in [0.05, 0.1) is 11.2 Å². The van der Waals surface area contributed by atoms with E-state index in [4.69, 9.17) is 4.99 Å². The number of hydrogen-bond donors (Lipinski definition) is 0. The molecule has 26 heavy (non-hydrogen) atoms. The van der Waals surface area contributed by atoms with Gasteiger partial charge in [0.1, 0.15) is 0 Å². The standard InChI is InChI=1S/C24H30N2/c1-7-12-26-23-11-9-20(14-21(23)19(4)15-24(26,5)6)16-25-22-10-8-17(2)13-18(22)3/h8-11,13-16H,7,12H2,1-6H3. The van der Waals surface area contributed by atoms with Gasteiger partial charge >= 0.3 is 0 Å². The first-order chi connectivity index (χ1) is 12.3. The van der Waals surface area contributed by atoms with Crippen LogP contribution in [0.15, 0.2) is 47.5 Å². The van der Waals surface area contributed by atoms with Crippen LogP contribution in [0.25, 0.3) is 5.57 Å². The minimum absolute atomic E-state index is 0.0573. The summed E-state index contributed by atoms with van der Waals surface area (Å²) < 4.78 is 0. The molecular formula is C24H30N2. The number of benzene rings is 2. The van der Waals surface area contributed by atoms with Crippen molar-refractivity contribution >= 4 is 23.2 Å². The highest BCUT2D eigenvalue weighted by molar-refractivity contribution is 5.88. The SMILES string of the molecule is CCCN1c2ccc(C=Nc3ccc(C)cc3C)cc2C(C)=CC1(C)C. The molecule has 2 aromatic carbocycles. The van der Waals surface area contributed by atoms with E-state index in [0.717, 1.165) is 24.2 Å². The lowest BCUT2D eigenvalue weighted by atomic mass is 9.88. The molecule has 0 amide bonds. The molecule has 0 unspecified atom stereocenters. The molecule has 2 aromatic rings. The predicted molar refractivity (Wildman–Crippen MR) is 115 cm³/mol. The van der Waals surface area contributed by atoms with Gasteiger partial charge in [0.2, 0.25) is 0 Å². The zero-order valence-corrected chi connectivity index (χ0v) is 16.9. The van der Waals surface area contributed by atoms with Crippen molar-refractivity contribution < 1.29 is 0 Å². The summed E-state index contributed by atoms with van der Waals surface area (Å²) in [6, 6.07) is 13.1. The molecule has 0 spiro atoms. The van der Waals surface area contributed by atoms with Gasteiger partial charge in [-0.05, 0) is 75.9 Å². The number of hydrogen-bond acceptors (Lipinski definition) is 2. The van der Waals surface area contributed by atoms with Crippen LogP contribution >= 0.6 is 0 Å². The molecule has 3 rings (SSSR count). The average Bonchev–Trinajstić information content (AvgIpc) is 2.57. The maximum absolute atomic E-state index is 4.72. The van der Waals surface area contributed by atoms with Crippen LogP contribution in [-0.4, -0.2) is 18.3 Å².